The highest BCUT2D eigenvalue weighted by atomic mass is 16.7. The summed E-state index contributed by atoms with van der Waals surface area (Å²) in [6.45, 7) is 0.188. The summed E-state index contributed by atoms with van der Waals surface area (Å²) in [4.78, 5) is 0. The highest BCUT2D eigenvalue weighted by Crippen LogP contribution is 2.41. The first kappa shape index (κ1) is 11.3. The van der Waals surface area contributed by atoms with Crippen molar-refractivity contribution in [2.45, 2.75) is 0 Å². The van der Waals surface area contributed by atoms with E-state index in [1.807, 2.05) is 0 Å². The number of tetrazole rings is 1. The first-order chi connectivity index (χ1) is 9.36. The maximum Gasteiger partial charge on any atom is 0.283 e. The van der Waals surface area contributed by atoms with E-state index in [9.17, 15) is 0 Å². The summed E-state index contributed by atoms with van der Waals surface area (Å²) in [5.74, 6) is 2.10. The van der Waals surface area contributed by atoms with Crippen molar-refractivity contribution in [1.82, 2.24) is 20.6 Å². The van der Waals surface area contributed by atoms with Gasteiger partial charge in [-0.25, -0.2) is 5.43 Å². The van der Waals surface area contributed by atoms with E-state index >= 15 is 0 Å². The summed E-state index contributed by atoms with van der Waals surface area (Å²) in [7, 11) is 1.57. The molecule has 0 fully saturated rings. The molecule has 0 amide bonds. The number of H-pyrrole nitrogens is 1. The summed E-state index contributed by atoms with van der Waals surface area (Å²) in [6, 6.07) is 3.58. The second-order valence-electron chi connectivity index (χ2n) is 3.56. The number of anilines is 1. The minimum Gasteiger partial charge on any atom is -0.493 e. The Morgan fingerprint density at radius 1 is 1.47 bits per heavy atom. The molecule has 0 bridgehead atoms. The lowest BCUT2D eigenvalue weighted by molar-refractivity contribution is 0.171. The first-order valence-electron chi connectivity index (χ1n) is 5.37. The second-order valence-corrected chi connectivity index (χ2v) is 3.56. The Morgan fingerprint density at radius 3 is 3.21 bits per heavy atom. The van der Waals surface area contributed by atoms with Gasteiger partial charge in [0.2, 0.25) is 12.5 Å². The second kappa shape index (κ2) is 4.80. The molecule has 0 unspecified atom stereocenters. The largest absolute Gasteiger partial charge is 0.493 e. The van der Waals surface area contributed by atoms with E-state index in [-0.39, 0.29) is 12.7 Å². The highest BCUT2D eigenvalue weighted by Gasteiger charge is 2.19. The van der Waals surface area contributed by atoms with Crippen LogP contribution in [0, 0.1) is 0 Å². The normalized spacial score (nSPS) is 12.9. The maximum atomic E-state index is 5.31. The zero-order valence-corrected chi connectivity index (χ0v) is 9.95. The number of ether oxygens (including phenoxy) is 3. The number of hydrogen-bond acceptors (Lipinski definition) is 8. The van der Waals surface area contributed by atoms with Crippen LogP contribution < -0.4 is 19.6 Å². The average Bonchev–Trinajstić information content (AvgIpc) is 3.08. The number of hydrazone groups is 1. The summed E-state index contributed by atoms with van der Waals surface area (Å²) in [6.07, 6.45) is 1.58. The minimum absolute atomic E-state index is 0.188. The van der Waals surface area contributed by atoms with Gasteiger partial charge in [-0.3, -0.25) is 0 Å². The standard InChI is InChI=1S/C10H10N6O3/c1-17-7-2-6(3-8-9(7)19-5-18-8)4-11-12-10-13-15-16-14-10/h2-4H,5H2,1H3,(H2,12,13,14,15,16)/b11-4-. The van der Waals surface area contributed by atoms with Crippen molar-refractivity contribution in [3.8, 4) is 17.2 Å². The molecular weight excluding hydrogens is 252 g/mol. The Labute approximate surface area is 107 Å². The minimum atomic E-state index is 0.188. The van der Waals surface area contributed by atoms with Crippen molar-refractivity contribution in [2.24, 2.45) is 5.10 Å². The smallest absolute Gasteiger partial charge is 0.283 e. The number of methoxy groups -OCH3 is 1. The van der Waals surface area contributed by atoms with Crippen LogP contribution in [-0.4, -0.2) is 40.7 Å². The van der Waals surface area contributed by atoms with Gasteiger partial charge in [-0.1, -0.05) is 5.10 Å². The number of aromatic nitrogens is 4. The molecule has 1 aliphatic heterocycles. The van der Waals surface area contributed by atoms with Crippen molar-refractivity contribution >= 4 is 12.2 Å². The molecule has 2 aromatic rings. The molecule has 0 atom stereocenters. The molecule has 1 aromatic carbocycles. The molecule has 9 heteroatoms. The predicted octanol–water partition coefficient (Wildman–Crippen LogP) is 0.383. The fraction of sp³-hybridized carbons (Fsp3) is 0.200. The van der Waals surface area contributed by atoms with E-state index in [4.69, 9.17) is 14.2 Å². The van der Waals surface area contributed by atoms with Crippen LogP contribution >= 0.6 is 0 Å². The van der Waals surface area contributed by atoms with Crippen molar-refractivity contribution in [3.05, 3.63) is 17.7 Å². The Kier molecular flexibility index (Phi) is 2.85. The van der Waals surface area contributed by atoms with Crippen LogP contribution in [0.5, 0.6) is 17.2 Å². The molecule has 0 radical (unpaired) electrons. The van der Waals surface area contributed by atoms with Gasteiger partial charge < -0.3 is 14.2 Å². The van der Waals surface area contributed by atoms with Crippen LogP contribution in [0.4, 0.5) is 5.95 Å². The monoisotopic (exact) mass is 262 g/mol. The molecule has 0 aliphatic carbocycles. The molecule has 0 saturated carbocycles. The number of fused-ring (bicyclic) bond motifs is 1. The summed E-state index contributed by atoms with van der Waals surface area (Å²) in [5, 5.41) is 17.1. The van der Waals surface area contributed by atoms with Crippen molar-refractivity contribution in [2.75, 3.05) is 19.3 Å². The van der Waals surface area contributed by atoms with Gasteiger partial charge in [-0.2, -0.15) is 10.3 Å². The molecule has 9 nitrogen and oxygen atoms in total. The zero-order valence-electron chi connectivity index (χ0n) is 9.95. The van der Waals surface area contributed by atoms with Crippen molar-refractivity contribution in [1.29, 1.82) is 0 Å². The number of nitrogens with one attached hydrogen (secondary N) is 2. The molecule has 3 rings (SSSR count). The Morgan fingerprint density at radius 2 is 2.42 bits per heavy atom. The molecule has 0 spiro atoms. The Balaban J connectivity index is 1.79. The zero-order chi connectivity index (χ0) is 13.1. The number of aromatic amines is 1. The molecule has 98 valence electrons. The van der Waals surface area contributed by atoms with Gasteiger partial charge in [0, 0.05) is 5.56 Å². The number of rotatable bonds is 4. The molecule has 19 heavy (non-hydrogen) atoms. The summed E-state index contributed by atoms with van der Waals surface area (Å²) in [5.41, 5.74) is 3.41. The molecule has 0 saturated heterocycles. The Bertz CT molecular complexity index is 598. The lowest BCUT2D eigenvalue weighted by Gasteiger charge is -2.05. The third kappa shape index (κ3) is 2.25. The van der Waals surface area contributed by atoms with E-state index in [0.29, 0.717) is 17.2 Å². The van der Waals surface area contributed by atoms with Gasteiger partial charge in [-0.15, -0.1) is 5.10 Å². The quantitative estimate of drug-likeness (QED) is 0.606. The number of benzene rings is 1. The highest BCUT2D eigenvalue weighted by molar-refractivity contribution is 5.83. The van der Waals surface area contributed by atoms with Crippen molar-refractivity contribution < 1.29 is 14.2 Å². The maximum absolute atomic E-state index is 5.31. The van der Waals surface area contributed by atoms with Gasteiger partial charge in [0.25, 0.3) is 5.95 Å². The molecule has 2 heterocycles. The first-order valence-corrected chi connectivity index (χ1v) is 5.37. The molecule has 1 aromatic heterocycles. The average molecular weight is 262 g/mol. The van der Waals surface area contributed by atoms with Crippen LogP contribution in [0.25, 0.3) is 0 Å². The number of nitrogens with zero attached hydrogens (tertiary/aromatic N) is 4. The SMILES string of the molecule is COc1cc(/C=N\Nc2nn[nH]n2)cc2c1OCO2. The van der Waals surface area contributed by atoms with E-state index in [0.717, 1.165) is 5.56 Å². The Hall–Kier alpha value is -2.84. The van der Waals surface area contributed by atoms with Crippen LogP contribution in [0.15, 0.2) is 17.2 Å². The predicted molar refractivity (Wildman–Crippen MR) is 64.5 cm³/mol. The summed E-state index contributed by atoms with van der Waals surface area (Å²) >= 11 is 0. The van der Waals surface area contributed by atoms with Gasteiger partial charge in [0.1, 0.15) is 0 Å². The molecule has 2 N–H and O–H groups in total. The van der Waals surface area contributed by atoms with Gasteiger partial charge in [0.15, 0.2) is 11.5 Å². The van der Waals surface area contributed by atoms with Crippen molar-refractivity contribution in [3.63, 3.8) is 0 Å². The van der Waals surface area contributed by atoms with Crippen LogP contribution in [0.2, 0.25) is 0 Å². The van der Waals surface area contributed by atoms with E-state index in [1.54, 1.807) is 25.5 Å². The fourth-order valence-electron chi connectivity index (χ4n) is 1.60. The van der Waals surface area contributed by atoms with E-state index < -0.39 is 0 Å². The van der Waals surface area contributed by atoms with Gasteiger partial charge >= 0.3 is 0 Å². The molecular formula is C10H10N6O3. The number of hydrogen-bond donors (Lipinski definition) is 2. The summed E-state index contributed by atoms with van der Waals surface area (Å²) < 4.78 is 15.8. The topological polar surface area (TPSA) is 107 Å². The third-order valence-electron chi connectivity index (χ3n) is 2.40. The molecule has 1 aliphatic rings. The third-order valence-corrected chi connectivity index (χ3v) is 2.40. The lowest BCUT2D eigenvalue weighted by atomic mass is 10.2. The van der Waals surface area contributed by atoms with E-state index in [1.165, 1.54) is 0 Å². The fourth-order valence-corrected chi connectivity index (χ4v) is 1.60. The van der Waals surface area contributed by atoms with Crippen LogP contribution in [-0.2, 0) is 0 Å². The van der Waals surface area contributed by atoms with Gasteiger partial charge in [0.05, 0.1) is 13.3 Å². The van der Waals surface area contributed by atoms with E-state index in [2.05, 4.69) is 31.2 Å². The van der Waals surface area contributed by atoms with Crippen LogP contribution in [0.3, 0.4) is 0 Å². The van der Waals surface area contributed by atoms with Crippen LogP contribution in [0.1, 0.15) is 5.56 Å². The lowest BCUT2D eigenvalue weighted by Crippen LogP contribution is -1.94. The van der Waals surface area contributed by atoms with Gasteiger partial charge in [-0.05, 0) is 17.3 Å².